The van der Waals surface area contributed by atoms with E-state index in [0.29, 0.717) is 29.9 Å². The molecular weight excluding hydrogens is 250 g/mol. The number of aromatic amines is 2. The number of hydrogen-bond donors (Lipinski definition) is 3. The van der Waals surface area contributed by atoms with Crippen LogP contribution in [0, 0.1) is 0 Å². The van der Waals surface area contributed by atoms with Crippen molar-refractivity contribution in [3.63, 3.8) is 0 Å². The van der Waals surface area contributed by atoms with Crippen LogP contribution in [-0.4, -0.2) is 42.8 Å². The zero-order chi connectivity index (χ0) is 13.7. The van der Waals surface area contributed by atoms with Crippen molar-refractivity contribution < 1.29 is 14.3 Å². The Kier molecular flexibility index (Phi) is 4.32. The number of anilines is 1. The summed E-state index contributed by atoms with van der Waals surface area (Å²) in [7, 11) is 1.57. The van der Waals surface area contributed by atoms with Crippen molar-refractivity contribution in [3.8, 4) is 0 Å². The minimum atomic E-state index is -0.277. The summed E-state index contributed by atoms with van der Waals surface area (Å²) in [5.74, 6) is -0.256. The molecule has 0 saturated carbocycles. The Morgan fingerprint density at radius 2 is 2.05 bits per heavy atom. The summed E-state index contributed by atoms with van der Waals surface area (Å²) < 4.78 is 9.90. The third-order valence-corrected chi connectivity index (χ3v) is 2.46. The third-order valence-electron chi connectivity index (χ3n) is 2.46. The van der Waals surface area contributed by atoms with Crippen LogP contribution in [0.15, 0.2) is 23.0 Å². The molecular formula is C12H15N3O4. The topological polar surface area (TPSA) is 96.2 Å². The molecule has 3 N–H and O–H groups in total. The zero-order valence-corrected chi connectivity index (χ0v) is 10.5. The number of benzene rings is 1. The molecule has 19 heavy (non-hydrogen) atoms. The predicted molar refractivity (Wildman–Crippen MR) is 70.2 cm³/mol. The summed E-state index contributed by atoms with van der Waals surface area (Å²) >= 11 is 0. The van der Waals surface area contributed by atoms with E-state index in [1.54, 1.807) is 25.3 Å². The average Bonchev–Trinajstić information content (AvgIpc) is 2.74. The maximum absolute atomic E-state index is 11.6. The number of nitrogens with one attached hydrogen (secondary N) is 3. The Bertz CT molecular complexity index is 617. The largest absolute Gasteiger partial charge is 0.382 e. The van der Waals surface area contributed by atoms with E-state index in [-0.39, 0.29) is 18.2 Å². The highest BCUT2D eigenvalue weighted by molar-refractivity contribution is 5.93. The first-order valence-electron chi connectivity index (χ1n) is 5.77. The zero-order valence-electron chi connectivity index (χ0n) is 10.5. The lowest BCUT2D eigenvalue weighted by atomic mass is 10.3. The fourth-order valence-electron chi connectivity index (χ4n) is 1.61. The van der Waals surface area contributed by atoms with Crippen LogP contribution in [-0.2, 0) is 14.3 Å². The Labute approximate surface area is 108 Å². The number of H-pyrrole nitrogens is 2. The highest BCUT2D eigenvalue weighted by atomic mass is 16.5. The standard InChI is InChI=1S/C12H15N3O4/c1-18-4-5-19-7-11(16)13-8-2-3-9-10(6-8)15-12(17)14-9/h2-3,6H,4-5,7H2,1H3,(H,13,16)(H2,14,15,17). The van der Waals surface area contributed by atoms with Crippen molar-refractivity contribution in [2.24, 2.45) is 0 Å². The maximum atomic E-state index is 11.6. The highest BCUT2D eigenvalue weighted by Gasteiger charge is 2.04. The van der Waals surface area contributed by atoms with Gasteiger partial charge in [-0.2, -0.15) is 0 Å². The smallest absolute Gasteiger partial charge is 0.323 e. The summed E-state index contributed by atoms with van der Waals surface area (Å²) in [6, 6.07) is 5.11. The lowest BCUT2D eigenvalue weighted by Gasteiger charge is -2.06. The van der Waals surface area contributed by atoms with Gasteiger partial charge in [0.15, 0.2) is 0 Å². The van der Waals surface area contributed by atoms with E-state index in [2.05, 4.69) is 15.3 Å². The van der Waals surface area contributed by atoms with Gasteiger partial charge in [0.1, 0.15) is 6.61 Å². The summed E-state index contributed by atoms with van der Waals surface area (Å²) in [6.45, 7) is 0.781. The highest BCUT2D eigenvalue weighted by Crippen LogP contribution is 2.14. The first-order valence-corrected chi connectivity index (χ1v) is 5.77. The molecule has 2 rings (SSSR count). The number of ether oxygens (including phenoxy) is 2. The van der Waals surface area contributed by atoms with E-state index in [1.807, 2.05) is 0 Å². The van der Waals surface area contributed by atoms with Gasteiger partial charge in [-0.1, -0.05) is 0 Å². The fourth-order valence-corrected chi connectivity index (χ4v) is 1.61. The van der Waals surface area contributed by atoms with Crippen LogP contribution < -0.4 is 11.0 Å². The summed E-state index contributed by atoms with van der Waals surface area (Å²) in [6.07, 6.45) is 0. The van der Waals surface area contributed by atoms with Crippen molar-refractivity contribution in [2.45, 2.75) is 0 Å². The molecule has 0 atom stereocenters. The predicted octanol–water partition coefficient (Wildman–Crippen LogP) is 0.458. The molecule has 7 heteroatoms. The van der Waals surface area contributed by atoms with Gasteiger partial charge in [-0.05, 0) is 18.2 Å². The average molecular weight is 265 g/mol. The SMILES string of the molecule is COCCOCC(=O)Nc1ccc2[nH]c(=O)[nH]c2c1. The fraction of sp³-hybridized carbons (Fsp3) is 0.333. The molecule has 0 unspecified atom stereocenters. The van der Waals surface area contributed by atoms with Crippen molar-refractivity contribution in [1.29, 1.82) is 0 Å². The molecule has 0 saturated heterocycles. The quantitative estimate of drug-likeness (QED) is 0.661. The number of amides is 1. The van der Waals surface area contributed by atoms with E-state index in [1.165, 1.54) is 0 Å². The molecule has 1 amide bonds. The summed E-state index contributed by atoms with van der Waals surface area (Å²) in [5.41, 5.74) is 1.66. The van der Waals surface area contributed by atoms with Crippen LogP contribution >= 0.6 is 0 Å². The molecule has 0 bridgehead atoms. The number of carbonyl (C=O) groups is 1. The number of hydrogen-bond acceptors (Lipinski definition) is 4. The molecule has 1 aromatic heterocycles. The van der Waals surface area contributed by atoms with Gasteiger partial charge in [0.25, 0.3) is 0 Å². The van der Waals surface area contributed by atoms with Gasteiger partial charge in [-0.25, -0.2) is 4.79 Å². The van der Waals surface area contributed by atoms with Crippen LogP contribution in [0.3, 0.4) is 0 Å². The van der Waals surface area contributed by atoms with E-state index in [0.717, 1.165) is 0 Å². The number of fused-ring (bicyclic) bond motifs is 1. The second-order valence-corrected chi connectivity index (χ2v) is 3.93. The molecule has 0 fully saturated rings. The Morgan fingerprint density at radius 1 is 1.26 bits per heavy atom. The van der Waals surface area contributed by atoms with Crippen molar-refractivity contribution in [3.05, 3.63) is 28.7 Å². The maximum Gasteiger partial charge on any atom is 0.323 e. The molecule has 1 heterocycles. The molecule has 1 aromatic carbocycles. The Hall–Kier alpha value is -2.12. The minimum Gasteiger partial charge on any atom is -0.382 e. The monoisotopic (exact) mass is 265 g/mol. The van der Waals surface area contributed by atoms with Gasteiger partial charge in [0, 0.05) is 12.8 Å². The van der Waals surface area contributed by atoms with Gasteiger partial charge >= 0.3 is 5.69 Å². The molecule has 0 aliphatic carbocycles. The normalized spacial score (nSPS) is 10.8. The number of imidazole rings is 1. The third kappa shape index (κ3) is 3.67. The molecule has 7 nitrogen and oxygen atoms in total. The Balaban J connectivity index is 1.93. The van der Waals surface area contributed by atoms with Gasteiger partial charge in [-0.3, -0.25) is 4.79 Å². The van der Waals surface area contributed by atoms with E-state index >= 15 is 0 Å². The molecule has 102 valence electrons. The summed E-state index contributed by atoms with van der Waals surface area (Å²) in [5, 5.41) is 2.68. The molecule has 0 radical (unpaired) electrons. The number of carbonyl (C=O) groups excluding carboxylic acids is 1. The number of methoxy groups -OCH3 is 1. The van der Waals surface area contributed by atoms with Crippen LogP contribution in [0.2, 0.25) is 0 Å². The lowest BCUT2D eigenvalue weighted by Crippen LogP contribution is -2.19. The molecule has 0 spiro atoms. The second-order valence-electron chi connectivity index (χ2n) is 3.93. The van der Waals surface area contributed by atoms with Crippen LogP contribution in [0.25, 0.3) is 11.0 Å². The van der Waals surface area contributed by atoms with Crippen molar-refractivity contribution in [1.82, 2.24) is 9.97 Å². The van der Waals surface area contributed by atoms with Gasteiger partial charge < -0.3 is 24.8 Å². The van der Waals surface area contributed by atoms with E-state index in [4.69, 9.17) is 9.47 Å². The Morgan fingerprint density at radius 3 is 2.84 bits per heavy atom. The van der Waals surface area contributed by atoms with Crippen LogP contribution in [0.4, 0.5) is 5.69 Å². The molecule has 0 aliphatic heterocycles. The van der Waals surface area contributed by atoms with Crippen LogP contribution in [0.5, 0.6) is 0 Å². The van der Waals surface area contributed by atoms with Gasteiger partial charge in [0.2, 0.25) is 5.91 Å². The van der Waals surface area contributed by atoms with Crippen LogP contribution in [0.1, 0.15) is 0 Å². The van der Waals surface area contributed by atoms with Crippen molar-refractivity contribution >= 4 is 22.6 Å². The minimum absolute atomic E-state index is 0.0367. The van der Waals surface area contributed by atoms with E-state index < -0.39 is 0 Å². The van der Waals surface area contributed by atoms with E-state index in [9.17, 15) is 9.59 Å². The second kappa shape index (κ2) is 6.17. The first-order chi connectivity index (χ1) is 9.19. The van der Waals surface area contributed by atoms with Gasteiger partial charge in [-0.15, -0.1) is 0 Å². The van der Waals surface area contributed by atoms with Crippen molar-refractivity contribution in [2.75, 3.05) is 32.2 Å². The number of aromatic nitrogens is 2. The lowest BCUT2D eigenvalue weighted by molar-refractivity contribution is -0.121. The summed E-state index contributed by atoms with van der Waals surface area (Å²) in [4.78, 5) is 27.9. The first kappa shape index (κ1) is 13.3. The number of rotatable bonds is 6. The van der Waals surface area contributed by atoms with Gasteiger partial charge in [0.05, 0.1) is 24.2 Å². The molecule has 2 aromatic rings. The molecule has 0 aliphatic rings.